The van der Waals surface area contributed by atoms with E-state index in [-0.39, 0.29) is 12.1 Å². The van der Waals surface area contributed by atoms with Crippen LogP contribution in [-0.2, 0) is 14.3 Å². The first-order valence-electron chi connectivity index (χ1n) is 5.85. The average molecular weight is 213 g/mol. The van der Waals surface area contributed by atoms with Gasteiger partial charge in [0.25, 0.3) is 0 Å². The smallest absolute Gasteiger partial charge is 0.320 e. The van der Waals surface area contributed by atoms with Crippen molar-refractivity contribution in [3.63, 3.8) is 0 Å². The molecule has 15 heavy (non-hydrogen) atoms. The van der Waals surface area contributed by atoms with Crippen molar-refractivity contribution in [2.24, 2.45) is 0 Å². The summed E-state index contributed by atoms with van der Waals surface area (Å²) in [6.45, 7) is 1.57. The summed E-state index contributed by atoms with van der Waals surface area (Å²) in [7, 11) is 0. The Kier molecular flexibility index (Phi) is 3.97. The van der Waals surface area contributed by atoms with E-state index in [1.807, 2.05) is 0 Å². The van der Waals surface area contributed by atoms with Gasteiger partial charge in [0.2, 0.25) is 0 Å². The second-order valence-electron chi connectivity index (χ2n) is 4.33. The fourth-order valence-corrected chi connectivity index (χ4v) is 1.69. The molecule has 1 N–H and O–H groups in total. The van der Waals surface area contributed by atoms with E-state index in [4.69, 9.17) is 9.47 Å². The predicted molar refractivity (Wildman–Crippen MR) is 55.6 cm³/mol. The third-order valence-corrected chi connectivity index (χ3v) is 2.82. The lowest BCUT2D eigenvalue weighted by atomic mass is 10.1. The highest BCUT2D eigenvalue weighted by Crippen LogP contribution is 2.18. The molecule has 1 aliphatic heterocycles. The molecule has 0 aromatic rings. The second kappa shape index (κ2) is 5.47. The molecule has 0 bridgehead atoms. The number of hydrogen-bond acceptors (Lipinski definition) is 4. The van der Waals surface area contributed by atoms with Crippen LogP contribution in [0.2, 0.25) is 0 Å². The van der Waals surface area contributed by atoms with Crippen molar-refractivity contribution in [3.8, 4) is 0 Å². The summed E-state index contributed by atoms with van der Waals surface area (Å²) in [6.07, 6.45) is 5.85. The molecule has 86 valence electrons. The summed E-state index contributed by atoms with van der Waals surface area (Å²) >= 11 is 0. The van der Waals surface area contributed by atoms with E-state index in [1.54, 1.807) is 0 Å². The van der Waals surface area contributed by atoms with Crippen molar-refractivity contribution >= 4 is 5.97 Å². The van der Waals surface area contributed by atoms with E-state index in [0.29, 0.717) is 19.2 Å². The minimum absolute atomic E-state index is 0.128. The lowest BCUT2D eigenvalue weighted by Gasteiger charge is -2.22. The van der Waals surface area contributed by atoms with Crippen LogP contribution in [0.15, 0.2) is 0 Å². The van der Waals surface area contributed by atoms with E-state index in [2.05, 4.69) is 5.32 Å². The van der Waals surface area contributed by atoms with E-state index < -0.39 is 0 Å². The van der Waals surface area contributed by atoms with Gasteiger partial charge in [-0.25, -0.2) is 0 Å². The molecule has 4 nitrogen and oxygen atoms in total. The maximum absolute atomic E-state index is 11.3. The molecule has 0 aromatic heterocycles. The number of ether oxygens (including phenoxy) is 2. The zero-order valence-electron chi connectivity index (χ0n) is 9.04. The number of carbonyl (C=O) groups is 1. The fraction of sp³-hybridized carbons (Fsp3) is 0.909. The molecule has 2 aliphatic rings. The van der Waals surface area contributed by atoms with Gasteiger partial charge < -0.3 is 14.8 Å². The van der Waals surface area contributed by atoms with Crippen LogP contribution >= 0.6 is 0 Å². The monoisotopic (exact) mass is 213 g/mol. The van der Waals surface area contributed by atoms with E-state index in [1.165, 1.54) is 19.3 Å². The van der Waals surface area contributed by atoms with Crippen LogP contribution in [-0.4, -0.2) is 37.9 Å². The molecule has 1 saturated carbocycles. The van der Waals surface area contributed by atoms with Crippen molar-refractivity contribution in [2.45, 2.75) is 44.2 Å². The van der Waals surface area contributed by atoms with Gasteiger partial charge in [-0.15, -0.1) is 0 Å². The molecule has 4 heteroatoms. The minimum atomic E-state index is -0.156. The van der Waals surface area contributed by atoms with Crippen molar-refractivity contribution in [2.75, 3.05) is 19.8 Å². The Labute approximate surface area is 90.3 Å². The number of hydrogen-bond donors (Lipinski definition) is 1. The number of esters is 1. The Morgan fingerprint density at radius 3 is 2.87 bits per heavy atom. The lowest BCUT2D eigenvalue weighted by molar-refractivity contribution is -0.148. The van der Waals surface area contributed by atoms with Gasteiger partial charge >= 0.3 is 5.97 Å². The van der Waals surface area contributed by atoms with Crippen LogP contribution in [0.5, 0.6) is 0 Å². The largest absolute Gasteiger partial charge is 0.462 e. The topological polar surface area (TPSA) is 47.6 Å². The van der Waals surface area contributed by atoms with Crippen LogP contribution in [0, 0.1) is 0 Å². The normalized spacial score (nSPS) is 26.3. The summed E-state index contributed by atoms with van der Waals surface area (Å²) in [6, 6.07) is 0.559. The maximum atomic E-state index is 11.3. The highest BCUT2D eigenvalue weighted by molar-refractivity contribution is 5.71. The Morgan fingerprint density at radius 2 is 2.20 bits per heavy atom. The Hall–Kier alpha value is -0.610. The van der Waals surface area contributed by atoms with Gasteiger partial charge in [0, 0.05) is 12.6 Å². The minimum Gasteiger partial charge on any atom is -0.462 e. The van der Waals surface area contributed by atoms with Crippen LogP contribution in [0.3, 0.4) is 0 Å². The number of carbonyl (C=O) groups excluding carboxylic acids is 1. The molecule has 0 amide bonds. The summed E-state index contributed by atoms with van der Waals surface area (Å²) in [4.78, 5) is 11.3. The third kappa shape index (κ3) is 4.18. The van der Waals surface area contributed by atoms with Crippen molar-refractivity contribution < 1.29 is 14.3 Å². The molecular weight excluding hydrogens is 194 g/mol. The van der Waals surface area contributed by atoms with E-state index >= 15 is 0 Å². The second-order valence-corrected chi connectivity index (χ2v) is 4.33. The average Bonchev–Trinajstić information content (AvgIpc) is 3.09. The van der Waals surface area contributed by atoms with Gasteiger partial charge in [0.15, 0.2) is 0 Å². The Morgan fingerprint density at radius 1 is 1.33 bits per heavy atom. The highest BCUT2D eigenvalue weighted by atomic mass is 16.6. The first-order chi connectivity index (χ1) is 7.34. The maximum Gasteiger partial charge on any atom is 0.320 e. The molecule has 0 spiro atoms. The van der Waals surface area contributed by atoms with Gasteiger partial charge in [0.05, 0.1) is 12.6 Å². The molecule has 1 unspecified atom stereocenters. The lowest BCUT2D eigenvalue weighted by Crippen LogP contribution is -2.30. The quantitative estimate of drug-likeness (QED) is 0.688. The molecular formula is C11H19NO3. The highest BCUT2D eigenvalue weighted by Gasteiger charge is 2.22. The van der Waals surface area contributed by atoms with Crippen molar-refractivity contribution in [1.82, 2.24) is 5.32 Å². The molecule has 1 heterocycles. The van der Waals surface area contributed by atoms with Crippen LogP contribution < -0.4 is 5.32 Å². The van der Waals surface area contributed by atoms with Gasteiger partial charge in [-0.2, -0.15) is 0 Å². The third-order valence-electron chi connectivity index (χ3n) is 2.82. The Balaban J connectivity index is 1.53. The molecule has 0 aromatic carbocycles. The van der Waals surface area contributed by atoms with E-state index in [0.717, 1.165) is 19.4 Å². The Bertz CT molecular complexity index is 210. The molecule has 2 fully saturated rings. The van der Waals surface area contributed by atoms with Crippen LogP contribution in [0.25, 0.3) is 0 Å². The summed E-state index contributed by atoms with van der Waals surface area (Å²) in [5, 5.41) is 3.13. The number of nitrogens with one attached hydrogen (secondary N) is 1. The summed E-state index contributed by atoms with van der Waals surface area (Å²) in [5.41, 5.74) is 0. The van der Waals surface area contributed by atoms with E-state index in [9.17, 15) is 4.79 Å². The fourth-order valence-electron chi connectivity index (χ4n) is 1.69. The predicted octanol–water partition coefficient (Wildman–Crippen LogP) is 0.851. The van der Waals surface area contributed by atoms with Gasteiger partial charge in [0.1, 0.15) is 6.61 Å². The van der Waals surface area contributed by atoms with Gasteiger partial charge in [-0.05, 0) is 32.1 Å². The van der Waals surface area contributed by atoms with Crippen LogP contribution in [0.1, 0.15) is 32.1 Å². The zero-order chi connectivity index (χ0) is 10.5. The van der Waals surface area contributed by atoms with Gasteiger partial charge in [-0.1, -0.05) is 0 Å². The van der Waals surface area contributed by atoms with Crippen LogP contribution in [0.4, 0.5) is 0 Å². The van der Waals surface area contributed by atoms with Crippen molar-refractivity contribution in [1.29, 1.82) is 0 Å². The molecule has 2 rings (SSSR count). The van der Waals surface area contributed by atoms with Gasteiger partial charge in [-0.3, -0.25) is 4.79 Å². The molecule has 1 saturated heterocycles. The standard InChI is InChI=1S/C11H19NO3/c13-11(7-12-9-4-5-9)15-8-10-3-1-2-6-14-10/h9-10,12H,1-8H2. The summed E-state index contributed by atoms with van der Waals surface area (Å²) in [5.74, 6) is -0.156. The number of rotatable bonds is 5. The summed E-state index contributed by atoms with van der Waals surface area (Å²) < 4.78 is 10.6. The molecule has 1 aliphatic carbocycles. The first-order valence-corrected chi connectivity index (χ1v) is 5.85. The molecule has 0 radical (unpaired) electrons. The molecule has 1 atom stereocenters. The SMILES string of the molecule is O=C(CNC1CC1)OCC1CCCCO1. The zero-order valence-corrected chi connectivity index (χ0v) is 9.04. The van der Waals surface area contributed by atoms with Crippen molar-refractivity contribution in [3.05, 3.63) is 0 Å². The first kappa shape index (κ1) is 10.9.